The molecule has 0 saturated carbocycles. The fourth-order valence-electron chi connectivity index (χ4n) is 5.64. The maximum Gasteiger partial charge on any atom is 0.0639 e. The molecule has 3 aliphatic heterocycles. The monoisotopic (exact) mass is 360 g/mol. The molecule has 2 nitrogen and oxygen atoms in total. The number of anilines is 3. The molecule has 1 aliphatic carbocycles. The minimum atomic E-state index is 0.379. The van der Waals surface area contributed by atoms with E-state index in [1.165, 1.54) is 50.5 Å². The van der Waals surface area contributed by atoms with E-state index in [-0.39, 0.29) is 0 Å². The van der Waals surface area contributed by atoms with Crippen molar-refractivity contribution in [3.63, 3.8) is 0 Å². The number of allylic oxidation sites excluding steroid dienone is 2. The summed E-state index contributed by atoms with van der Waals surface area (Å²) in [6, 6.07) is 23.3. The van der Waals surface area contributed by atoms with Crippen LogP contribution in [0.5, 0.6) is 0 Å². The smallest absolute Gasteiger partial charge is 0.0639 e. The van der Waals surface area contributed by atoms with Crippen LogP contribution >= 0.6 is 0 Å². The topological polar surface area (TPSA) is 15.3 Å². The molecule has 0 bridgehead atoms. The Morgan fingerprint density at radius 1 is 0.821 bits per heavy atom. The van der Waals surface area contributed by atoms with Crippen LogP contribution in [0.3, 0.4) is 0 Å². The van der Waals surface area contributed by atoms with E-state index in [0.717, 1.165) is 12.8 Å². The van der Waals surface area contributed by atoms with Crippen molar-refractivity contribution in [3.05, 3.63) is 95.6 Å². The van der Waals surface area contributed by atoms with Gasteiger partial charge in [0.25, 0.3) is 0 Å². The number of nitrogens with zero attached hydrogens (tertiary/aromatic N) is 1. The number of fused-ring (bicyclic) bond motifs is 12. The quantitative estimate of drug-likeness (QED) is 0.510. The fourth-order valence-corrected chi connectivity index (χ4v) is 5.64. The van der Waals surface area contributed by atoms with Crippen molar-refractivity contribution in [2.45, 2.75) is 24.9 Å². The third-order valence-electron chi connectivity index (χ3n) is 6.82. The summed E-state index contributed by atoms with van der Waals surface area (Å²) in [5, 5.41) is 3.85. The molecule has 28 heavy (non-hydrogen) atoms. The Kier molecular flexibility index (Phi) is 2.72. The molecule has 3 aromatic carbocycles. The third kappa shape index (κ3) is 1.73. The van der Waals surface area contributed by atoms with Gasteiger partial charge in [-0.15, -0.1) is 0 Å². The molecule has 0 amide bonds. The lowest BCUT2D eigenvalue weighted by Crippen LogP contribution is -2.24. The van der Waals surface area contributed by atoms with Gasteiger partial charge in [-0.25, -0.2) is 0 Å². The Morgan fingerprint density at radius 2 is 1.68 bits per heavy atom. The molecule has 0 saturated heterocycles. The largest absolute Gasteiger partial charge is 0.377 e. The SMILES string of the molecule is C1=CCC2Nc3c(ccc4c3CC3c5ccccc5-c5ccccc5N43)C2=C1. The second-order valence-electron chi connectivity index (χ2n) is 8.16. The number of benzene rings is 3. The molecule has 2 heteroatoms. The van der Waals surface area contributed by atoms with Gasteiger partial charge in [0.1, 0.15) is 0 Å². The van der Waals surface area contributed by atoms with Crippen LogP contribution in [-0.4, -0.2) is 6.04 Å². The highest BCUT2D eigenvalue weighted by Gasteiger charge is 2.41. The lowest BCUT2D eigenvalue weighted by molar-refractivity contribution is 0.737. The summed E-state index contributed by atoms with van der Waals surface area (Å²) in [6.07, 6.45) is 8.89. The van der Waals surface area contributed by atoms with Gasteiger partial charge < -0.3 is 10.2 Å². The van der Waals surface area contributed by atoms with Crippen molar-refractivity contribution >= 4 is 22.6 Å². The first kappa shape index (κ1) is 14.8. The maximum absolute atomic E-state index is 3.85. The summed E-state index contributed by atoms with van der Waals surface area (Å²) >= 11 is 0. The predicted molar refractivity (Wildman–Crippen MR) is 116 cm³/mol. The molecule has 0 fully saturated rings. The Balaban J connectivity index is 1.47. The molecule has 0 radical (unpaired) electrons. The van der Waals surface area contributed by atoms with Gasteiger partial charge in [0, 0.05) is 40.2 Å². The normalized spacial score (nSPS) is 22.3. The fraction of sp³-hybridized carbons (Fsp3) is 0.154. The first-order valence-corrected chi connectivity index (χ1v) is 10.2. The standard InChI is InChI=1S/C26H20N2/c1-2-10-19-16(7-1)18-9-4-6-12-23(18)28-24-14-13-20-17-8-3-5-11-22(17)27-26(20)21(24)15-25(19)28/h1-10,12-14,22,25,27H,11,15H2. The minimum absolute atomic E-state index is 0.379. The summed E-state index contributed by atoms with van der Waals surface area (Å²) in [5.41, 5.74) is 12.6. The lowest BCUT2D eigenvalue weighted by Gasteiger charge is -2.35. The van der Waals surface area contributed by atoms with Crippen molar-refractivity contribution in [1.82, 2.24) is 0 Å². The molecule has 2 atom stereocenters. The van der Waals surface area contributed by atoms with Crippen LogP contribution in [0, 0.1) is 0 Å². The predicted octanol–water partition coefficient (Wildman–Crippen LogP) is 6.24. The van der Waals surface area contributed by atoms with Gasteiger partial charge >= 0.3 is 0 Å². The third-order valence-corrected chi connectivity index (χ3v) is 6.82. The number of hydrogen-bond acceptors (Lipinski definition) is 2. The minimum Gasteiger partial charge on any atom is -0.377 e. The molecule has 1 N–H and O–H groups in total. The zero-order valence-corrected chi connectivity index (χ0v) is 15.5. The first-order chi connectivity index (χ1) is 13.9. The number of para-hydroxylation sites is 1. The summed E-state index contributed by atoms with van der Waals surface area (Å²) < 4.78 is 0. The number of hydrogen-bond donors (Lipinski definition) is 1. The average Bonchev–Trinajstić information content (AvgIpc) is 3.33. The van der Waals surface area contributed by atoms with Gasteiger partial charge in [-0.05, 0) is 35.3 Å². The molecule has 3 aromatic rings. The van der Waals surface area contributed by atoms with E-state index in [1.54, 1.807) is 0 Å². The van der Waals surface area contributed by atoms with Gasteiger partial charge in [-0.3, -0.25) is 0 Å². The van der Waals surface area contributed by atoms with E-state index in [1.807, 2.05) is 0 Å². The highest BCUT2D eigenvalue weighted by molar-refractivity contribution is 5.97. The zero-order valence-electron chi connectivity index (χ0n) is 15.5. The van der Waals surface area contributed by atoms with Gasteiger partial charge in [-0.2, -0.15) is 0 Å². The van der Waals surface area contributed by atoms with Crippen molar-refractivity contribution in [2.75, 3.05) is 10.2 Å². The van der Waals surface area contributed by atoms with Gasteiger partial charge in [-0.1, -0.05) is 66.8 Å². The van der Waals surface area contributed by atoms with Crippen molar-refractivity contribution in [1.29, 1.82) is 0 Å². The molecular formula is C26H20N2. The van der Waals surface area contributed by atoms with E-state index in [9.17, 15) is 0 Å². The highest BCUT2D eigenvalue weighted by atomic mass is 15.2. The Bertz CT molecular complexity index is 1220. The van der Waals surface area contributed by atoms with Crippen LogP contribution in [0.15, 0.2) is 78.9 Å². The van der Waals surface area contributed by atoms with Crippen LogP contribution in [0.2, 0.25) is 0 Å². The zero-order chi connectivity index (χ0) is 18.2. The van der Waals surface area contributed by atoms with Gasteiger partial charge in [0.2, 0.25) is 0 Å². The second kappa shape index (κ2) is 5.17. The summed E-state index contributed by atoms with van der Waals surface area (Å²) in [4.78, 5) is 2.57. The molecule has 0 spiro atoms. The van der Waals surface area contributed by atoms with Gasteiger partial charge in [0.15, 0.2) is 0 Å². The summed E-state index contributed by atoms with van der Waals surface area (Å²) in [6.45, 7) is 0. The highest BCUT2D eigenvalue weighted by Crippen LogP contribution is 2.57. The average molecular weight is 360 g/mol. The molecule has 3 heterocycles. The summed E-state index contributed by atoms with van der Waals surface area (Å²) in [5.74, 6) is 0. The van der Waals surface area contributed by atoms with E-state index in [0.29, 0.717) is 12.1 Å². The molecule has 4 aliphatic rings. The van der Waals surface area contributed by atoms with Crippen molar-refractivity contribution in [2.24, 2.45) is 0 Å². The molecule has 7 rings (SSSR count). The number of nitrogens with one attached hydrogen (secondary N) is 1. The van der Waals surface area contributed by atoms with E-state index in [2.05, 4.69) is 89.1 Å². The van der Waals surface area contributed by atoms with Crippen LogP contribution < -0.4 is 10.2 Å². The van der Waals surface area contributed by atoms with E-state index < -0.39 is 0 Å². The molecule has 2 unspecified atom stereocenters. The van der Waals surface area contributed by atoms with Crippen LogP contribution in [-0.2, 0) is 6.42 Å². The van der Waals surface area contributed by atoms with Crippen LogP contribution in [0.1, 0.15) is 29.2 Å². The molecule has 134 valence electrons. The van der Waals surface area contributed by atoms with Crippen molar-refractivity contribution < 1.29 is 0 Å². The van der Waals surface area contributed by atoms with Crippen LogP contribution in [0.25, 0.3) is 16.7 Å². The Labute approximate surface area is 164 Å². The van der Waals surface area contributed by atoms with Crippen LogP contribution in [0.4, 0.5) is 17.1 Å². The van der Waals surface area contributed by atoms with E-state index in [4.69, 9.17) is 0 Å². The Hall–Kier alpha value is -3.26. The van der Waals surface area contributed by atoms with E-state index >= 15 is 0 Å². The first-order valence-electron chi connectivity index (χ1n) is 10.2. The second-order valence-corrected chi connectivity index (χ2v) is 8.16. The Morgan fingerprint density at radius 3 is 2.64 bits per heavy atom. The molecular weight excluding hydrogens is 340 g/mol. The summed E-state index contributed by atoms with van der Waals surface area (Å²) in [7, 11) is 0. The van der Waals surface area contributed by atoms with Gasteiger partial charge in [0.05, 0.1) is 12.1 Å². The maximum atomic E-state index is 3.85. The number of rotatable bonds is 0. The lowest BCUT2D eigenvalue weighted by atomic mass is 9.88. The molecule has 0 aromatic heterocycles. The van der Waals surface area contributed by atoms with Crippen molar-refractivity contribution in [3.8, 4) is 11.1 Å².